The van der Waals surface area contributed by atoms with E-state index < -0.39 is 17.7 Å². The molecule has 0 aromatic heterocycles. The highest BCUT2D eigenvalue weighted by atomic mass is 19.1. The fourth-order valence-corrected chi connectivity index (χ4v) is 1.93. The molecule has 94 valence electrons. The molecule has 1 heterocycles. The summed E-state index contributed by atoms with van der Waals surface area (Å²) in [6.07, 6.45) is -0.569. The molecule has 1 aliphatic heterocycles. The van der Waals surface area contributed by atoms with Crippen molar-refractivity contribution in [2.45, 2.75) is 12.7 Å². The predicted molar refractivity (Wildman–Crippen MR) is 58.6 cm³/mol. The van der Waals surface area contributed by atoms with Gasteiger partial charge in [-0.1, -0.05) is 6.07 Å². The van der Waals surface area contributed by atoms with E-state index in [0.29, 0.717) is 25.3 Å². The maximum atomic E-state index is 14.1. The summed E-state index contributed by atoms with van der Waals surface area (Å²) in [7, 11) is 1.47. The molecule has 1 saturated heterocycles. The minimum Gasteiger partial charge on any atom is -0.380 e. The van der Waals surface area contributed by atoms with Gasteiger partial charge in [-0.05, 0) is 6.07 Å². The smallest absolute Gasteiger partial charge is 0.137 e. The van der Waals surface area contributed by atoms with Gasteiger partial charge < -0.3 is 14.8 Å². The van der Waals surface area contributed by atoms with Gasteiger partial charge in [0.15, 0.2) is 0 Å². The van der Waals surface area contributed by atoms with Crippen molar-refractivity contribution < 1.29 is 18.3 Å². The number of ether oxygens (including phenoxy) is 2. The molecule has 3 nitrogen and oxygen atoms in total. The summed E-state index contributed by atoms with van der Waals surface area (Å²) in [5, 5.41) is 3.05. The van der Waals surface area contributed by atoms with Crippen molar-refractivity contribution in [1.82, 2.24) is 5.32 Å². The van der Waals surface area contributed by atoms with Crippen LogP contribution in [0.4, 0.5) is 8.78 Å². The molecule has 17 heavy (non-hydrogen) atoms. The third kappa shape index (κ3) is 2.62. The minimum absolute atomic E-state index is 0.00764. The maximum Gasteiger partial charge on any atom is 0.137 e. The number of morpholine rings is 1. The van der Waals surface area contributed by atoms with Crippen molar-refractivity contribution in [3.8, 4) is 0 Å². The fraction of sp³-hybridized carbons (Fsp3) is 0.500. The SMILES string of the molecule is COCc1ccc(F)c(C2CNCCO2)c1F. The van der Waals surface area contributed by atoms with Crippen LogP contribution in [0.3, 0.4) is 0 Å². The molecule has 5 heteroatoms. The Labute approximate surface area is 98.7 Å². The number of nitrogens with one attached hydrogen (secondary N) is 1. The van der Waals surface area contributed by atoms with Crippen LogP contribution in [0.1, 0.15) is 17.2 Å². The first-order chi connectivity index (χ1) is 8.24. The molecule has 0 saturated carbocycles. The van der Waals surface area contributed by atoms with Crippen LogP contribution in [0.2, 0.25) is 0 Å². The Hall–Kier alpha value is -1.04. The molecule has 0 aliphatic carbocycles. The van der Waals surface area contributed by atoms with Crippen LogP contribution in [0, 0.1) is 11.6 Å². The van der Waals surface area contributed by atoms with Gasteiger partial charge >= 0.3 is 0 Å². The largest absolute Gasteiger partial charge is 0.380 e. The van der Waals surface area contributed by atoms with Crippen LogP contribution < -0.4 is 5.32 Å². The van der Waals surface area contributed by atoms with Crippen molar-refractivity contribution in [2.24, 2.45) is 0 Å². The Balaban J connectivity index is 2.33. The number of hydrogen-bond acceptors (Lipinski definition) is 3. The molecule has 1 aromatic carbocycles. The first kappa shape index (κ1) is 12.4. The highest BCUT2D eigenvalue weighted by Crippen LogP contribution is 2.27. The van der Waals surface area contributed by atoms with Crippen molar-refractivity contribution in [3.05, 3.63) is 34.9 Å². The molecular weight excluding hydrogens is 228 g/mol. The van der Waals surface area contributed by atoms with Crippen molar-refractivity contribution in [2.75, 3.05) is 26.8 Å². The lowest BCUT2D eigenvalue weighted by molar-refractivity contribution is 0.0229. The summed E-state index contributed by atoms with van der Waals surface area (Å²) in [4.78, 5) is 0. The Bertz CT molecular complexity index is 392. The van der Waals surface area contributed by atoms with E-state index in [1.54, 1.807) is 0 Å². The Kier molecular flexibility index (Phi) is 4.04. The van der Waals surface area contributed by atoms with E-state index in [2.05, 4.69) is 5.32 Å². The average Bonchev–Trinajstić information content (AvgIpc) is 2.35. The summed E-state index contributed by atoms with van der Waals surface area (Å²) in [6.45, 7) is 1.71. The van der Waals surface area contributed by atoms with Crippen molar-refractivity contribution in [3.63, 3.8) is 0 Å². The summed E-state index contributed by atoms with van der Waals surface area (Å²) in [6, 6.07) is 2.65. The lowest BCUT2D eigenvalue weighted by Gasteiger charge is -2.25. The van der Waals surface area contributed by atoms with Gasteiger partial charge in [0.2, 0.25) is 0 Å². The quantitative estimate of drug-likeness (QED) is 0.877. The lowest BCUT2D eigenvalue weighted by Crippen LogP contribution is -2.34. The second-order valence-electron chi connectivity index (χ2n) is 3.93. The standard InChI is InChI=1S/C12H15F2NO2/c1-16-7-8-2-3-9(13)11(12(8)14)10-6-15-4-5-17-10/h2-3,10,15H,4-7H2,1H3. The van der Waals surface area contributed by atoms with E-state index in [-0.39, 0.29) is 12.2 Å². The van der Waals surface area contributed by atoms with Crippen LogP contribution in [0.5, 0.6) is 0 Å². The molecule has 0 bridgehead atoms. The Morgan fingerprint density at radius 1 is 1.47 bits per heavy atom. The maximum absolute atomic E-state index is 14.1. The topological polar surface area (TPSA) is 30.5 Å². The summed E-state index contributed by atoms with van der Waals surface area (Å²) in [5.41, 5.74) is 0.338. The number of hydrogen-bond donors (Lipinski definition) is 1. The van der Waals surface area contributed by atoms with E-state index in [1.165, 1.54) is 19.2 Å². The summed E-state index contributed by atoms with van der Waals surface area (Å²) >= 11 is 0. The molecule has 1 unspecified atom stereocenters. The molecular formula is C12H15F2NO2. The number of benzene rings is 1. The molecule has 1 atom stereocenters. The second-order valence-corrected chi connectivity index (χ2v) is 3.93. The summed E-state index contributed by atoms with van der Waals surface area (Å²) < 4.78 is 38.0. The van der Waals surface area contributed by atoms with Gasteiger partial charge in [-0.15, -0.1) is 0 Å². The molecule has 0 spiro atoms. The fourth-order valence-electron chi connectivity index (χ4n) is 1.93. The third-order valence-electron chi connectivity index (χ3n) is 2.76. The van der Waals surface area contributed by atoms with Crippen LogP contribution >= 0.6 is 0 Å². The first-order valence-electron chi connectivity index (χ1n) is 5.52. The Morgan fingerprint density at radius 3 is 2.94 bits per heavy atom. The van der Waals surface area contributed by atoms with Gasteiger partial charge in [0, 0.05) is 25.8 Å². The number of methoxy groups -OCH3 is 1. The van der Waals surface area contributed by atoms with Crippen molar-refractivity contribution >= 4 is 0 Å². The third-order valence-corrected chi connectivity index (χ3v) is 2.76. The van der Waals surface area contributed by atoms with Gasteiger partial charge in [-0.25, -0.2) is 8.78 Å². The van der Waals surface area contributed by atoms with Crippen LogP contribution in [-0.2, 0) is 16.1 Å². The van der Waals surface area contributed by atoms with Gasteiger partial charge in [-0.2, -0.15) is 0 Å². The minimum atomic E-state index is -0.573. The highest BCUT2D eigenvalue weighted by Gasteiger charge is 2.24. The van der Waals surface area contributed by atoms with E-state index in [1.807, 2.05) is 0 Å². The molecule has 1 fully saturated rings. The van der Waals surface area contributed by atoms with Gasteiger partial charge in [0.25, 0.3) is 0 Å². The molecule has 1 aliphatic rings. The van der Waals surface area contributed by atoms with Gasteiger partial charge in [-0.3, -0.25) is 0 Å². The molecule has 0 radical (unpaired) electrons. The molecule has 1 aromatic rings. The second kappa shape index (κ2) is 5.53. The average molecular weight is 243 g/mol. The highest BCUT2D eigenvalue weighted by molar-refractivity contribution is 5.29. The van der Waals surface area contributed by atoms with Gasteiger partial charge in [0.1, 0.15) is 17.7 Å². The van der Waals surface area contributed by atoms with Gasteiger partial charge in [0.05, 0.1) is 18.8 Å². The predicted octanol–water partition coefficient (Wildman–Crippen LogP) is 1.77. The molecule has 1 N–H and O–H groups in total. The molecule has 0 amide bonds. The van der Waals surface area contributed by atoms with Crippen molar-refractivity contribution in [1.29, 1.82) is 0 Å². The monoisotopic (exact) mass is 243 g/mol. The van der Waals surface area contributed by atoms with Crippen LogP contribution in [0.15, 0.2) is 12.1 Å². The number of halogens is 2. The van der Waals surface area contributed by atoms with Crippen LogP contribution in [-0.4, -0.2) is 26.8 Å². The molecule has 2 rings (SSSR count). The van der Waals surface area contributed by atoms with E-state index in [9.17, 15) is 8.78 Å². The zero-order valence-corrected chi connectivity index (χ0v) is 9.63. The zero-order valence-electron chi connectivity index (χ0n) is 9.63. The van der Waals surface area contributed by atoms with Crippen LogP contribution in [0.25, 0.3) is 0 Å². The lowest BCUT2D eigenvalue weighted by atomic mass is 10.0. The van der Waals surface area contributed by atoms with E-state index in [0.717, 1.165) is 0 Å². The first-order valence-corrected chi connectivity index (χ1v) is 5.52. The van der Waals surface area contributed by atoms with E-state index >= 15 is 0 Å². The summed E-state index contributed by atoms with van der Waals surface area (Å²) in [5.74, 6) is -1.14. The zero-order chi connectivity index (χ0) is 12.3. The Morgan fingerprint density at radius 2 is 2.29 bits per heavy atom. The van der Waals surface area contributed by atoms with E-state index in [4.69, 9.17) is 9.47 Å². The normalized spacial score (nSPS) is 20.5. The number of rotatable bonds is 3.